The van der Waals surface area contributed by atoms with Gasteiger partial charge in [0.15, 0.2) is 0 Å². The first-order valence-corrected chi connectivity index (χ1v) is 16.3. The van der Waals surface area contributed by atoms with Crippen LogP contribution in [0.1, 0.15) is 5.56 Å². The van der Waals surface area contributed by atoms with E-state index in [1.165, 1.54) is 27.4 Å². The van der Waals surface area contributed by atoms with Crippen LogP contribution in [0.4, 0.5) is 0 Å². The number of hydrogen-bond donors (Lipinski definition) is 0. The van der Waals surface area contributed by atoms with E-state index < -0.39 is 0 Å². The summed E-state index contributed by atoms with van der Waals surface area (Å²) in [6.07, 6.45) is 0. The second-order valence-electron chi connectivity index (χ2n) is 12.5. The fourth-order valence-corrected chi connectivity index (χ4v) is 7.37. The van der Waals surface area contributed by atoms with Crippen LogP contribution in [0.2, 0.25) is 0 Å². The van der Waals surface area contributed by atoms with Crippen molar-refractivity contribution in [1.82, 2.24) is 14.1 Å². The molecule has 226 valence electrons. The van der Waals surface area contributed by atoms with Gasteiger partial charge in [0.2, 0.25) is 0 Å². The lowest BCUT2D eigenvalue weighted by Crippen LogP contribution is -1.98. The van der Waals surface area contributed by atoms with Crippen molar-refractivity contribution in [3.05, 3.63) is 163 Å². The van der Waals surface area contributed by atoms with E-state index in [4.69, 9.17) is 9.40 Å². The maximum absolute atomic E-state index is 6.42. The molecule has 3 aromatic heterocycles. The molecule has 10 aromatic rings. The fourth-order valence-electron chi connectivity index (χ4n) is 7.37. The molecule has 0 radical (unpaired) electrons. The van der Waals surface area contributed by atoms with E-state index >= 15 is 0 Å². The van der Waals surface area contributed by atoms with Crippen LogP contribution in [-0.4, -0.2) is 14.1 Å². The maximum atomic E-state index is 6.42. The summed E-state index contributed by atoms with van der Waals surface area (Å²) in [7, 11) is 0. The minimum Gasteiger partial charge on any atom is -0.455 e. The van der Waals surface area contributed by atoms with Gasteiger partial charge in [-0.2, -0.15) is 0 Å². The third-order valence-corrected chi connectivity index (χ3v) is 9.59. The van der Waals surface area contributed by atoms with E-state index in [0.717, 1.165) is 66.9 Å². The Morgan fingerprint density at radius 2 is 1.17 bits per heavy atom. The van der Waals surface area contributed by atoms with E-state index in [1.54, 1.807) is 0 Å². The molecule has 48 heavy (non-hydrogen) atoms. The summed E-state index contributed by atoms with van der Waals surface area (Å²) in [6, 6.07) is 55.9. The molecule has 10 rings (SSSR count). The highest BCUT2D eigenvalue weighted by molar-refractivity contribution is 6.13. The number of aromatic nitrogens is 3. The number of para-hydroxylation sites is 5. The Kier molecular flexibility index (Phi) is 5.75. The van der Waals surface area contributed by atoms with Gasteiger partial charge in [-0.25, -0.2) is 4.98 Å². The van der Waals surface area contributed by atoms with Gasteiger partial charge in [0.25, 0.3) is 0 Å². The highest BCUT2D eigenvalue weighted by Crippen LogP contribution is 2.40. The molecule has 4 heteroatoms. The summed E-state index contributed by atoms with van der Waals surface area (Å²) in [6.45, 7) is 2.16. The third kappa shape index (κ3) is 3.99. The van der Waals surface area contributed by atoms with Gasteiger partial charge in [0.1, 0.15) is 17.0 Å². The molecular formula is C44H29N3O. The monoisotopic (exact) mass is 615 g/mol. The summed E-state index contributed by atoms with van der Waals surface area (Å²) in [5, 5.41) is 4.74. The normalized spacial score (nSPS) is 11.9. The minimum absolute atomic E-state index is 0.913. The Morgan fingerprint density at radius 1 is 0.479 bits per heavy atom. The molecule has 0 saturated carbocycles. The standard InChI is InChI=1S/C44H29N3O/c1-28-18-24-39-36(26-28)37-27-30(33-13-9-14-35-34-12-5-8-17-42(34)48-43(33)35)21-25-40(37)46(39)32-22-19-29(20-23-32)44-45-38-15-6-7-16-41(38)47(44)31-10-3-2-4-11-31/h2-27H,1H3. The van der Waals surface area contributed by atoms with Gasteiger partial charge in [0.05, 0.1) is 22.1 Å². The van der Waals surface area contributed by atoms with Crippen LogP contribution >= 0.6 is 0 Å². The topological polar surface area (TPSA) is 35.9 Å². The Balaban J connectivity index is 1.14. The van der Waals surface area contributed by atoms with Crippen LogP contribution in [0, 0.1) is 6.92 Å². The molecule has 0 fully saturated rings. The second kappa shape index (κ2) is 10.3. The van der Waals surface area contributed by atoms with E-state index in [9.17, 15) is 0 Å². The van der Waals surface area contributed by atoms with Crippen LogP contribution in [0.5, 0.6) is 0 Å². The first-order chi connectivity index (χ1) is 23.7. The molecule has 0 N–H and O–H groups in total. The predicted octanol–water partition coefficient (Wildman–Crippen LogP) is 11.7. The van der Waals surface area contributed by atoms with Gasteiger partial charge < -0.3 is 8.98 Å². The predicted molar refractivity (Wildman–Crippen MR) is 198 cm³/mol. The molecule has 0 atom stereocenters. The van der Waals surface area contributed by atoms with E-state index in [1.807, 2.05) is 24.3 Å². The summed E-state index contributed by atoms with van der Waals surface area (Å²) in [4.78, 5) is 5.08. The van der Waals surface area contributed by atoms with Crippen molar-refractivity contribution in [2.75, 3.05) is 0 Å². The summed E-state index contributed by atoms with van der Waals surface area (Å²) in [5.41, 5.74) is 13.0. The molecule has 0 bridgehead atoms. The quantitative estimate of drug-likeness (QED) is 0.197. The first kappa shape index (κ1) is 26.8. The molecule has 0 aliphatic heterocycles. The van der Waals surface area contributed by atoms with Gasteiger partial charge in [-0.05, 0) is 91.3 Å². The zero-order chi connectivity index (χ0) is 31.8. The summed E-state index contributed by atoms with van der Waals surface area (Å²) in [5.74, 6) is 0.927. The molecular weight excluding hydrogens is 587 g/mol. The van der Waals surface area contributed by atoms with Crippen molar-refractivity contribution in [3.8, 4) is 33.9 Å². The Labute approximate surface area is 276 Å². The zero-order valence-corrected chi connectivity index (χ0v) is 26.3. The lowest BCUT2D eigenvalue weighted by atomic mass is 10.00. The van der Waals surface area contributed by atoms with E-state index in [2.05, 4.69) is 150 Å². The Morgan fingerprint density at radius 3 is 2.04 bits per heavy atom. The average Bonchev–Trinajstić information content (AvgIpc) is 3.81. The number of nitrogens with zero attached hydrogens (tertiary/aromatic N) is 3. The van der Waals surface area contributed by atoms with Crippen molar-refractivity contribution >= 4 is 54.8 Å². The van der Waals surface area contributed by atoms with Crippen molar-refractivity contribution in [2.24, 2.45) is 0 Å². The van der Waals surface area contributed by atoms with Crippen LogP contribution in [-0.2, 0) is 0 Å². The van der Waals surface area contributed by atoms with E-state index in [0.29, 0.717) is 0 Å². The molecule has 3 heterocycles. The van der Waals surface area contributed by atoms with E-state index in [-0.39, 0.29) is 0 Å². The second-order valence-corrected chi connectivity index (χ2v) is 12.5. The number of rotatable bonds is 4. The molecule has 0 spiro atoms. The lowest BCUT2D eigenvalue weighted by Gasteiger charge is -2.12. The lowest BCUT2D eigenvalue weighted by molar-refractivity contribution is 0.670. The fraction of sp³-hybridized carbons (Fsp3) is 0.0227. The highest BCUT2D eigenvalue weighted by Gasteiger charge is 2.18. The molecule has 0 aliphatic carbocycles. The summed E-state index contributed by atoms with van der Waals surface area (Å²) < 4.78 is 11.0. The largest absolute Gasteiger partial charge is 0.455 e. The number of hydrogen-bond acceptors (Lipinski definition) is 2. The van der Waals surface area contributed by atoms with Crippen LogP contribution < -0.4 is 0 Å². The van der Waals surface area contributed by atoms with Crippen molar-refractivity contribution in [1.29, 1.82) is 0 Å². The van der Waals surface area contributed by atoms with Gasteiger partial charge in [0, 0.05) is 44.0 Å². The van der Waals surface area contributed by atoms with Crippen molar-refractivity contribution in [3.63, 3.8) is 0 Å². The number of fused-ring (bicyclic) bond motifs is 7. The molecule has 0 amide bonds. The van der Waals surface area contributed by atoms with Crippen LogP contribution in [0.15, 0.2) is 162 Å². The van der Waals surface area contributed by atoms with Gasteiger partial charge in [-0.1, -0.05) is 84.4 Å². The maximum Gasteiger partial charge on any atom is 0.145 e. The van der Waals surface area contributed by atoms with Gasteiger partial charge in [-0.3, -0.25) is 4.57 Å². The Hall–Kier alpha value is -6.39. The SMILES string of the molecule is Cc1ccc2c(c1)c1cc(-c3cccc4c3oc3ccccc34)ccc1n2-c1ccc(-c2nc3ccccc3n2-c2ccccc2)cc1. The molecule has 0 aliphatic rings. The van der Waals surface area contributed by atoms with Crippen LogP contribution in [0.3, 0.4) is 0 Å². The average molecular weight is 616 g/mol. The van der Waals surface area contributed by atoms with Crippen molar-refractivity contribution in [2.45, 2.75) is 6.92 Å². The molecule has 0 unspecified atom stereocenters. The van der Waals surface area contributed by atoms with Crippen LogP contribution in [0.25, 0.3) is 88.7 Å². The number of benzene rings is 7. The molecule has 4 nitrogen and oxygen atoms in total. The number of aryl methyl sites for hydroxylation is 1. The first-order valence-electron chi connectivity index (χ1n) is 16.3. The van der Waals surface area contributed by atoms with Gasteiger partial charge in [-0.15, -0.1) is 0 Å². The van der Waals surface area contributed by atoms with Gasteiger partial charge >= 0.3 is 0 Å². The number of furan rings is 1. The highest BCUT2D eigenvalue weighted by atomic mass is 16.3. The Bertz CT molecular complexity index is 2830. The van der Waals surface area contributed by atoms with Crippen molar-refractivity contribution < 1.29 is 4.42 Å². The number of imidazole rings is 1. The minimum atomic E-state index is 0.913. The zero-order valence-electron chi connectivity index (χ0n) is 26.3. The third-order valence-electron chi connectivity index (χ3n) is 9.59. The summed E-state index contributed by atoms with van der Waals surface area (Å²) >= 11 is 0. The molecule has 0 saturated heterocycles. The molecule has 7 aromatic carbocycles. The smallest absolute Gasteiger partial charge is 0.145 e.